The first-order chi connectivity index (χ1) is 7.50. The highest BCUT2D eigenvalue weighted by atomic mass is 14.3. The maximum atomic E-state index is 4.31. The molecule has 0 spiro atoms. The third kappa shape index (κ3) is 1.81. The molecule has 1 atom stereocenters. The summed E-state index contributed by atoms with van der Waals surface area (Å²) in [5.41, 5.74) is 5.80. The van der Waals surface area contributed by atoms with E-state index in [4.69, 9.17) is 0 Å². The van der Waals surface area contributed by atoms with E-state index in [0.29, 0.717) is 17.8 Å². The fourth-order valence-electron chi connectivity index (χ4n) is 2.61. The van der Waals surface area contributed by atoms with Crippen molar-refractivity contribution in [3.63, 3.8) is 0 Å². The van der Waals surface area contributed by atoms with E-state index in [-0.39, 0.29) is 0 Å². The number of allylic oxidation sites excluding steroid dienone is 7. The van der Waals surface area contributed by atoms with E-state index in [2.05, 4.69) is 52.5 Å². The van der Waals surface area contributed by atoms with Crippen LogP contribution in [-0.2, 0) is 0 Å². The molecule has 16 heavy (non-hydrogen) atoms. The Morgan fingerprint density at radius 3 is 2.50 bits per heavy atom. The second kappa shape index (κ2) is 4.08. The molecule has 0 bridgehead atoms. The Labute approximate surface area is 99.4 Å². The van der Waals surface area contributed by atoms with E-state index in [1.165, 1.54) is 16.7 Å². The van der Waals surface area contributed by atoms with Crippen molar-refractivity contribution in [2.75, 3.05) is 0 Å². The largest absolute Gasteiger partial charge is 0.0949 e. The summed E-state index contributed by atoms with van der Waals surface area (Å²) >= 11 is 0. The van der Waals surface area contributed by atoms with Crippen LogP contribution in [0.5, 0.6) is 0 Å². The Hall–Kier alpha value is -1.04. The van der Waals surface area contributed by atoms with E-state index in [1.54, 1.807) is 5.57 Å². The second-order valence-corrected chi connectivity index (χ2v) is 5.64. The average Bonchev–Trinajstić information content (AvgIpc) is 2.62. The lowest BCUT2D eigenvalue weighted by atomic mass is 9.79. The quantitative estimate of drug-likeness (QED) is 0.626. The van der Waals surface area contributed by atoms with Gasteiger partial charge in [-0.25, -0.2) is 0 Å². The first-order valence-electron chi connectivity index (χ1n) is 6.31. The highest BCUT2D eigenvalue weighted by molar-refractivity contribution is 5.57. The Balaban J connectivity index is 2.23. The Morgan fingerprint density at radius 2 is 1.94 bits per heavy atom. The van der Waals surface area contributed by atoms with Gasteiger partial charge in [-0.2, -0.15) is 0 Å². The van der Waals surface area contributed by atoms with Gasteiger partial charge in [0.25, 0.3) is 0 Å². The molecule has 0 aromatic rings. The van der Waals surface area contributed by atoms with Gasteiger partial charge in [0, 0.05) is 5.92 Å². The third-order valence-corrected chi connectivity index (χ3v) is 3.80. The van der Waals surface area contributed by atoms with Gasteiger partial charge in [0.05, 0.1) is 0 Å². The zero-order valence-corrected chi connectivity index (χ0v) is 10.9. The number of rotatable bonds is 2. The van der Waals surface area contributed by atoms with Crippen molar-refractivity contribution in [2.24, 2.45) is 17.8 Å². The van der Waals surface area contributed by atoms with E-state index >= 15 is 0 Å². The minimum atomic E-state index is 0.540. The highest BCUT2D eigenvalue weighted by Gasteiger charge is 2.26. The molecule has 2 rings (SSSR count). The Morgan fingerprint density at radius 1 is 1.25 bits per heavy atom. The van der Waals surface area contributed by atoms with Gasteiger partial charge in [0.1, 0.15) is 0 Å². The van der Waals surface area contributed by atoms with E-state index < -0.39 is 0 Å². The minimum Gasteiger partial charge on any atom is -0.0949 e. The van der Waals surface area contributed by atoms with Crippen molar-refractivity contribution < 1.29 is 0 Å². The van der Waals surface area contributed by atoms with Crippen LogP contribution in [0.1, 0.15) is 34.1 Å². The molecular formula is C16H22. The van der Waals surface area contributed by atoms with Gasteiger partial charge < -0.3 is 0 Å². The van der Waals surface area contributed by atoms with Crippen LogP contribution >= 0.6 is 0 Å². The molecule has 0 amide bonds. The van der Waals surface area contributed by atoms with Gasteiger partial charge in [-0.3, -0.25) is 0 Å². The molecule has 2 aliphatic rings. The maximum absolute atomic E-state index is 4.31. The molecule has 0 N–H and O–H groups in total. The Bertz CT molecular complexity index is 400. The average molecular weight is 214 g/mol. The van der Waals surface area contributed by atoms with Gasteiger partial charge in [0.15, 0.2) is 0 Å². The topological polar surface area (TPSA) is 0 Å². The SMILES string of the molecule is C=C1C2=C(C=CC1C(C)C)C=C(C(C)C)C2. The molecule has 0 saturated carbocycles. The fraction of sp³-hybridized carbons (Fsp3) is 0.500. The molecule has 2 aliphatic carbocycles. The highest BCUT2D eigenvalue weighted by Crippen LogP contribution is 2.41. The van der Waals surface area contributed by atoms with Crippen molar-refractivity contribution in [1.29, 1.82) is 0 Å². The predicted octanol–water partition coefficient (Wildman–Crippen LogP) is 4.67. The molecule has 0 radical (unpaired) electrons. The van der Waals surface area contributed by atoms with Crippen LogP contribution in [-0.4, -0.2) is 0 Å². The van der Waals surface area contributed by atoms with Gasteiger partial charge in [-0.15, -0.1) is 0 Å². The number of hydrogen-bond acceptors (Lipinski definition) is 0. The zero-order chi connectivity index (χ0) is 11.9. The molecule has 0 aromatic carbocycles. The first kappa shape index (κ1) is 11.4. The van der Waals surface area contributed by atoms with E-state index in [0.717, 1.165) is 6.42 Å². The van der Waals surface area contributed by atoms with Crippen LogP contribution < -0.4 is 0 Å². The Kier molecular flexibility index (Phi) is 2.92. The monoisotopic (exact) mass is 214 g/mol. The second-order valence-electron chi connectivity index (χ2n) is 5.64. The van der Waals surface area contributed by atoms with Gasteiger partial charge in [-0.1, -0.05) is 58.1 Å². The molecule has 0 nitrogen and oxygen atoms in total. The summed E-state index contributed by atoms with van der Waals surface area (Å²) in [6.45, 7) is 13.4. The minimum absolute atomic E-state index is 0.540. The van der Waals surface area contributed by atoms with Crippen LogP contribution in [0.15, 0.2) is 47.1 Å². The number of hydrogen-bond donors (Lipinski definition) is 0. The molecule has 86 valence electrons. The van der Waals surface area contributed by atoms with Gasteiger partial charge in [0.2, 0.25) is 0 Å². The van der Waals surface area contributed by atoms with Gasteiger partial charge >= 0.3 is 0 Å². The van der Waals surface area contributed by atoms with Crippen LogP contribution in [0.3, 0.4) is 0 Å². The summed E-state index contributed by atoms with van der Waals surface area (Å²) in [4.78, 5) is 0. The van der Waals surface area contributed by atoms with E-state index in [9.17, 15) is 0 Å². The summed E-state index contributed by atoms with van der Waals surface area (Å²) in [7, 11) is 0. The third-order valence-electron chi connectivity index (χ3n) is 3.80. The van der Waals surface area contributed by atoms with Crippen molar-refractivity contribution in [3.05, 3.63) is 47.1 Å². The van der Waals surface area contributed by atoms with Crippen molar-refractivity contribution in [2.45, 2.75) is 34.1 Å². The molecular weight excluding hydrogens is 192 g/mol. The van der Waals surface area contributed by atoms with Crippen LogP contribution in [0.4, 0.5) is 0 Å². The van der Waals surface area contributed by atoms with Crippen LogP contribution in [0.2, 0.25) is 0 Å². The van der Waals surface area contributed by atoms with Crippen LogP contribution in [0, 0.1) is 17.8 Å². The molecule has 0 fully saturated rings. The van der Waals surface area contributed by atoms with Gasteiger partial charge in [-0.05, 0) is 35.0 Å². The molecule has 0 saturated heterocycles. The predicted molar refractivity (Wildman–Crippen MR) is 71.2 cm³/mol. The summed E-state index contributed by atoms with van der Waals surface area (Å²) in [5, 5.41) is 0. The summed E-state index contributed by atoms with van der Waals surface area (Å²) in [6, 6.07) is 0. The summed E-state index contributed by atoms with van der Waals surface area (Å²) in [6.07, 6.45) is 8.10. The molecule has 1 unspecified atom stereocenters. The molecule has 0 aliphatic heterocycles. The molecule has 0 aromatic heterocycles. The lowest BCUT2D eigenvalue weighted by molar-refractivity contribution is 0.526. The van der Waals surface area contributed by atoms with Crippen molar-refractivity contribution >= 4 is 0 Å². The smallest absolute Gasteiger partial charge is 0.00415 e. The molecule has 0 heteroatoms. The first-order valence-corrected chi connectivity index (χ1v) is 6.31. The van der Waals surface area contributed by atoms with Crippen molar-refractivity contribution in [1.82, 2.24) is 0 Å². The molecule has 0 heterocycles. The summed E-state index contributed by atoms with van der Waals surface area (Å²) < 4.78 is 0. The lowest BCUT2D eigenvalue weighted by Gasteiger charge is -2.25. The standard InChI is InChI=1S/C16H22/c1-10(2)14-8-13-6-7-15(11(3)4)12(5)16(13)9-14/h6-8,10-11,15H,5,9H2,1-4H3. The van der Waals surface area contributed by atoms with E-state index in [1.807, 2.05) is 0 Å². The maximum Gasteiger partial charge on any atom is 0.00415 e. The normalized spacial score (nSPS) is 24.5. The zero-order valence-electron chi connectivity index (χ0n) is 10.9. The van der Waals surface area contributed by atoms with Crippen LogP contribution in [0.25, 0.3) is 0 Å². The lowest BCUT2D eigenvalue weighted by Crippen LogP contribution is -2.13. The fourth-order valence-corrected chi connectivity index (χ4v) is 2.61. The van der Waals surface area contributed by atoms with Crippen molar-refractivity contribution in [3.8, 4) is 0 Å². The summed E-state index contributed by atoms with van der Waals surface area (Å²) in [5.74, 6) is 1.85.